The number of rotatable bonds is 4. The Balaban J connectivity index is 2.61. The minimum absolute atomic E-state index is 0.157. The number of nitrogens with zero attached hydrogens (tertiary/aromatic N) is 1. The van der Waals surface area contributed by atoms with Crippen LogP contribution in [0, 0.1) is 0 Å². The number of hydrogen-bond donors (Lipinski definition) is 1. The van der Waals surface area contributed by atoms with E-state index in [-0.39, 0.29) is 16.7 Å². The highest BCUT2D eigenvalue weighted by Gasteiger charge is 2.41. The molecule has 0 bridgehead atoms. The highest BCUT2D eigenvalue weighted by molar-refractivity contribution is 4.97. The summed E-state index contributed by atoms with van der Waals surface area (Å²) in [4.78, 5) is 2.46. The molecule has 0 radical (unpaired) electrons. The van der Waals surface area contributed by atoms with Crippen molar-refractivity contribution in [3.8, 4) is 0 Å². The van der Waals surface area contributed by atoms with Gasteiger partial charge in [0.1, 0.15) is 0 Å². The van der Waals surface area contributed by atoms with Gasteiger partial charge in [-0.15, -0.1) is 0 Å². The van der Waals surface area contributed by atoms with Crippen LogP contribution in [-0.4, -0.2) is 45.9 Å². The molecule has 1 heterocycles. The molecule has 1 unspecified atom stereocenters. The second-order valence-electron chi connectivity index (χ2n) is 8.17. The standard InChI is InChI=1S/C16H33NO2/c1-14(2,3)19-12-13(18)11-17-15(4,5)9-8-10-16(17,6)7/h13,18H,8-12H2,1-7H3. The molecule has 19 heavy (non-hydrogen) atoms. The summed E-state index contributed by atoms with van der Waals surface area (Å²) in [5.41, 5.74) is 0.128. The van der Waals surface area contributed by atoms with Crippen LogP contribution in [0.4, 0.5) is 0 Å². The second kappa shape index (κ2) is 5.71. The molecule has 0 aromatic carbocycles. The van der Waals surface area contributed by atoms with Crippen molar-refractivity contribution < 1.29 is 9.84 Å². The van der Waals surface area contributed by atoms with Gasteiger partial charge in [-0.25, -0.2) is 0 Å². The van der Waals surface area contributed by atoms with Crippen molar-refractivity contribution >= 4 is 0 Å². The normalized spacial score (nSPS) is 25.3. The molecule has 0 saturated carbocycles. The van der Waals surface area contributed by atoms with Gasteiger partial charge in [0, 0.05) is 17.6 Å². The molecule has 0 amide bonds. The van der Waals surface area contributed by atoms with Gasteiger partial charge in [-0.1, -0.05) is 0 Å². The molecule has 0 spiro atoms. The van der Waals surface area contributed by atoms with Crippen LogP contribution in [0.25, 0.3) is 0 Å². The van der Waals surface area contributed by atoms with E-state index < -0.39 is 6.10 Å². The van der Waals surface area contributed by atoms with Crippen molar-refractivity contribution in [3.63, 3.8) is 0 Å². The van der Waals surface area contributed by atoms with Gasteiger partial charge in [0.2, 0.25) is 0 Å². The van der Waals surface area contributed by atoms with Crippen LogP contribution >= 0.6 is 0 Å². The van der Waals surface area contributed by atoms with E-state index in [1.807, 2.05) is 20.8 Å². The van der Waals surface area contributed by atoms with Gasteiger partial charge in [0.05, 0.1) is 18.3 Å². The van der Waals surface area contributed by atoms with Crippen molar-refractivity contribution in [2.24, 2.45) is 0 Å². The lowest BCUT2D eigenvalue weighted by Crippen LogP contribution is -2.60. The average molecular weight is 271 g/mol. The molecule has 0 aliphatic carbocycles. The Labute approximate surface area is 119 Å². The fourth-order valence-corrected chi connectivity index (χ4v) is 3.15. The van der Waals surface area contributed by atoms with E-state index in [2.05, 4.69) is 32.6 Å². The van der Waals surface area contributed by atoms with E-state index in [0.717, 1.165) is 0 Å². The molecule has 1 saturated heterocycles. The molecule has 114 valence electrons. The maximum Gasteiger partial charge on any atom is 0.0900 e. The Hall–Kier alpha value is -0.120. The first-order chi connectivity index (χ1) is 8.44. The smallest absolute Gasteiger partial charge is 0.0900 e. The molecular formula is C16H33NO2. The Morgan fingerprint density at radius 2 is 1.58 bits per heavy atom. The molecule has 1 aliphatic rings. The largest absolute Gasteiger partial charge is 0.389 e. The summed E-state index contributed by atoms with van der Waals surface area (Å²) in [6.45, 7) is 16.3. The van der Waals surface area contributed by atoms with Crippen LogP contribution in [-0.2, 0) is 4.74 Å². The number of likely N-dealkylation sites (tertiary alicyclic amines) is 1. The van der Waals surface area contributed by atoms with Gasteiger partial charge < -0.3 is 9.84 Å². The Kier molecular flexibility index (Phi) is 5.09. The molecule has 3 heteroatoms. The monoisotopic (exact) mass is 271 g/mol. The topological polar surface area (TPSA) is 32.7 Å². The third kappa shape index (κ3) is 5.05. The van der Waals surface area contributed by atoms with E-state index >= 15 is 0 Å². The van der Waals surface area contributed by atoms with Crippen LogP contribution < -0.4 is 0 Å². The van der Waals surface area contributed by atoms with Crippen molar-refractivity contribution in [1.82, 2.24) is 4.90 Å². The molecule has 1 rings (SSSR count). The predicted molar refractivity (Wildman–Crippen MR) is 80.4 cm³/mol. The molecule has 1 aliphatic heterocycles. The summed E-state index contributed by atoms with van der Waals surface area (Å²) in [5, 5.41) is 10.3. The molecule has 1 N–H and O–H groups in total. The molecular weight excluding hydrogens is 238 g/mol. The highest BCUT2D eigenvalue weighted by atomic mass is 16.5. The summed E-state index contributed by atoms with van der Waals surface area (Å²) in [5.74, 6) is 0. The third-order valence-electron chi connectivity index (χ3n) is 4.14. The number of hydrogen-bond acceptors (Lipinski definition) is 3. The summed E-state index contributed by atoms with van der Waals surface area (Å²) in [7, 11) is 0. The fourth-order valence-electron chi connectivity index (χ4n) is 3.15. The summed E-state index contributed by atoms with van der Waals surface area (Å²) in [6, 6.07) is 0. The lowest BCUT2D eigenvalue weighted by molar-refractivity contribution is -0.0918. The summed E-state index contributed by atoms with van der Waals surface area (Å²) >= 11 is 0. The minimum atomic E-state index is -0.420. The maximum atomic E-state index is 10.3. The van der Waals surface area contributed by atoms with Crippen LogP contribution in [0.5, 0.6) is 0 Å². The van der Waals surface area contributed by atoms with Crippen LogP contribution in [0.2, 0.25) is 0 Å². The minimum Gasteiger partial charge on any atom is -0.389 e. The number of aliphatic hydroxyl groups is 1. The van der Waals surface area contributed by atoms with Gasteiger partial charge in [0.15, 0.2) is 0 Å². The molecule has 0 aromatic rings. The molecule has 3 nitrogen and oxygen atoms in total. The Morgan fingerprint density at radius 3 is 2.00 bits per heavy atom. The third-order valence-corrected chi connectivity index (χ3v) is 4.14. The summed E-state index contributed by atoms with van der Waals surface area (Å²) < 4.78 is 5.69. The number of ether oxygens (including phenoxy) is 1. The van der Waals surface area contributed by atoms with E-state index in [9.17, 15) is 5.11 Å². The molecule has 1 atom stereocenters. The molecule has 0 aromatic heterocycles. The van der Waals surface area contributed by atoms with Gasteiger partial charge in [-0.2, -0.15) is 0 Å². The second-order valence-corrected chi connectivity index (χ2v) is 8.17. The lowest BCUT2D eigenvalue weighted by atomic mass is 9.79. The van der Waals surface area contributed by atoms with E-state index in [1.54, 1.807) is 0 Å². The zero-order valence-corrected chi connectivity index (χ0v) is 13.9. The maximum absolute atomic E-state index is 10.3. The number of β-amino-alcohol motifs (C(OH)–C–C–N with tert-alkyl or cyclic N) is 1. The first-order valence-electron chi connectivity index (χ1n) is 7.54. The van der Waals surface area contributed by atoms with E-state index in [4.69, 9.17) is 4.74 Å². The van der Waals surface area contributed by atoms with Crippen LogP contribution in [0.15, 0.2) is 0 Å². The quantitative estimate of drug-likeness (QED) is 0.852. The van der Waals surface area contributed by atoms with Gasteiger partial charge in [-0.05, 0) is 67.7 Å². The van der Waals surface area contributed by atoms with E-state index in [0.29, 0.717) is 13.2 Å². The molecule has 1 fully saturated rings. The first-order valence-corrected chi connectivity index (χ1v) is 7.54. The van der Waals surface area contributed by atoms with Gasteiger partial charge >= 0.3 is 0 Å². The van der Waals surface area contributed by atoms with Crippen molar-refractivity contribution in [3.05, 3.63) is 0 Å². The van der Waals surface area contributed by atoms with Crippen molar-refractivity contribution in [2.45, 2.75) is 90.5 Å². The van der Waals surface area contributed by atoms with Crippen LogP contribution in [0.3, 0.4) is 0 Å². The first kappa shape index (κ1) is 16.9. The van der Waals surface area contributed by atoms with Gasteiger partial charge in [-0.3, -0.25) is 4.90 Å². The predicted octanol–water partition coefficient (Wildman–Crippen LogP) is 3.21. The van der Waals surface area contributed by atoms with Crippen molar-refractivity contribution in [1.29, 1.82) is 0 Å². The average Bonchev–Trinajstić information content (AvgIpc) is 2.19. The fraction of sp³-hybridized carbons (Fsp3) is 1.00. The van der Waals surface area contributed by atoms with Crippen LogP contribution in [0.1, 0.15) is 67.7 Å². The van der Waals surface area contributed by atoms with Gasteiger partial charge in [0.25, 0.3) is 0 Å². The summed E-state index contributed by atoms with van der Waals surface area (Å²) in [6.07, 6.45) is 3.24. The zero-order valence-electron chi connectivity index (χ0n) is 13.9. The number of aliphatic hydroxyl groups excluding tert-OH is 1. The lowest BCUT2D eigenvalue weighted by Gasteiger charge is -2.53. The highest BCUT2D eigenvalue weighted by Crippen LogP contribution is 2.38. The Morgan fingerprint density at radius 1 is 1.11 bits per heavy atom. The SMILES string of the molecule is CC(C)(C)OCC(O)CN1C(C)(C)CCCC1(C)C. The van der Waals surface area contributed by atoms with Crippen molar-refractivity contribution in [2.75, 3.05) is 13.2 Å². The van der Waals surface area contributed by atoms with E-state index in [1.165, 1.54) is 19.3 Å². The zero-order chi connectivity index (χ0) is 14.9. The Bertz CT molecular complexity index is 276. The number of piperidine rings is 1.